The topological polar surface area (TPSA) is 90.1 Å². The zero-order chi connectivity index (χ0) is 20.2. The van der Waals surface area contributed by atoms with Crippen molar-refractivity contribution in [2.45, 2.75) is 25.7 Å². The Morgan fingerprint density at radius 2 is 2.03 bits per heavy atom. The molecule has 0 spiro atoms. The van der Waals surface area contributed by atoms with Crippen molar-refractivity contribution in [3.8, 4) is 0 Å². The number of hydrogen-bond acceptors (Lipinski definition) is 3. The fourth-order valence-corrected chi connectivity index (χ4v) is 3.94. The van der Waals surface area contributed by atoms with E-state index in [1.165, 1.54) is 0 Å². The van der Waals surface area contributed by atoms with Crippen LogP contribution in [0.25, 0.3) is 10.8 Å². The first-order valence-corrected chi connectivity index (χ1v) is 10.0. The number of amides is 3. The molecule has 7 nitrogen and oxygen atoms in total. The molecule has 1 aliphatic rings. The number of nitrogens with one attached hydrogen (secondary N) is 3. The molecule has 0 bridgehead atoms. The van der Waals surface area contributed by atoms with Crippen LogP contribution in [-0.4, -0.2) is 46.7 Å². The van der Waals surface area contributed by atoms with E-state index in [4.69, 9.17) is 0 Å². The second-order valence-electron chi connectivity index (χ2n) is 7.33. The lowest BCUT2D eigenvalue weighted by Gasteiger charge is -2.32. The normalized spacial score (nSPS) is 16.6. The smallest absolute Gasteiger partial charge is 0.319 e. The highest BCUT2D eigenvalue weighted by Gasteiger charge is 2.28. The molecule has 0 saturated carbocycles. The number of likely N-dealkylation sites (tertiary alicyclic amines) is 1. The summed E-state index contributed by atoms with van der Waals surface area (Å²) >= 11 is 0. The highest BCUT2D eigenvalue weighted by Crippen LogP contribution is 2.31. The van der Waals surface area contributed by atoms with Gasteiger partial charge in [-0.05, 0) is 42.7 Å². The number of benzene rings is 2. The van der Waals surface area contributed by atoms with Crippen molar-refractivity contribution >= 4 is 28.4 Å². The number of aromatic amines is 1. The lowest BCUT2D eigenvalue weighted by atomic mass is 9.93. The molecule has 1 atom stereocenters. The fourth-order valence-electron chi connectivity index (χ4n) is 3.94. The van der Waals surface area contributed by atoms with Crippen LogP contribution in [0.15, 0.2) is 48.7 Å². The molecule has 4 rings (SSSR count). The first-order valence-electron chi connectivity index (χ1n) is 10.0. The van der Waals surface area contributed by atoms with Gasteiger partial charge >= 0.3 is 6.03 Å². The van der Waals surface area contributed by atoms with E-state index < -0.39 is 0 Å². The summed E-state index contributed by atoms with van der Waals surface area (Å²) in [6, 6.07) is 13.6. The van der Waals surface area contributed by atoms with Crippen molar-refractivity contribution < 1.29 is 9.59 Å². The van der Waals surface area contributed by atoms with Gasteiger partial charge in [-0.1, -0.05) is 30.3 Å². The van der Waals surface area contributed by atoms with Crippen LogP contribution in [0.2, 0.25) is 0 Å². The third-order valence-electron chi connectivity index (χ3n) is 5.37. The van der Waals surface area contributed by atoms with E-state index in [-0.39, 0.29) is 17.9 Å². The van der Waals surface area contributed by atoms with E-state index in [0.717, 1.165) is 35.9 Å². The predicted octanol–water partition coefficient (Wildman–Crippen LogP) is 3.72. The molecule has 0 aliphatic carbocycles. The molecular formula is C22H25N5O2. The van der Waals surface area contributed by atoms with Gasteiger partial charge in [0.25, 0.3) is 5.91 Å². The number of urea groups is 1. The first kappa shape index (κ1) is 19.0. The predicted molar refractivity (Wildman–Crippen MR) is 113 cm³/mol. The third-order valence-corrected chi connectivity index (χ3v) is 5.37. The van der Waals surface area contributed by atoms with Gasteiger partial charge in [0.05, 0.1) is 17.6 Å². The van der Waals surface area contributed by atoms with Gasteiger partial charge in [0.1, 0.15) is 0 Å². The molecule has 3 N–H and O–H groups in total. The van der Waals surface area contributed by atoms with Crippen molar-refractivity contribution in [3.05, 3.63) is 59.9 Å². The molecule has 1 aliphatic heterocycles. The number of carbonyl (C=O) groups excluding carboxylic acids is 2. The second-order valence-corrected chi connectivity index (χ2v) is 7.33. The summed E-state index contributed by atoms with van der Waals surface area (Å²) < 4.78 is 0. The molecule has 1 saturated heterocycles. The van der Waals surface area contributed by atoms with Gasteiger partial charge in [-0.3, -0.25) is 9.89 Å². The van der Waals surface area contributed by atoms with Crippen LogP contribution in [0, 0.1) is 0 Å². The zero-order valence-corrected chi connectivity index (χ0v) is 16.4. The molecule has 29 heavy (non-hydrogen) atoms. The van der Waals surface area contributed by atoms with Gasteiger partial charge in [-0.25, -0.2) is 4.79 Å². The number of carbonyl (C=O) groups is 2. The summed E-state index contributed by atoms with van der Waals surface area (Å²) in [5.41, 5.74) is 2.24. The Morgan fingerprint density at radius 1 is 1.21 bits per heavy atom. The Kier molecular flexibility index (Phi) is 5.46. The molecule has 0 radical (unpaired) electrons. The number of H-pyrrole nitrogens is 1. The Labute approximate surface area is 169 Å². The largest absolute Gasteiger partial charge is 0.338 e. The molecule has 150 valence electrons. The Balaban J connectivity index is 1.50. The Hall–Kier alpha value is -3.35. The maximum Gasteiger partial charge on any atom is 0.319 e. The lowest BCUT2D eigenvalue weighted by molar-refractivity contribution is 0.0706. The van der Waals surface area contributed by atoms with Crippen LogP contribution in [-0.2, 0) is 0 Å². The van der Waals surface area contributed by atoms with Crippen molar-refractivity contribution in [1.82, 2.24) is 20.4 Å². The van der Waals surface area contributed by atoms with Gasteiger partial charge < -0.3 is 15.5 Å². The van der Waals surface area contributed by atoms with Crippen LogP contribution in [0.3, 0.4) is 0 Å². The number of anilines is 1. The Morgan fingerprint density at radius 3 is 2.86 bits per heavy atom. The van der Waals surface area contributed by atoms with Gasteiger partial charge in [-0.15, -0.1) is 0 Å². The lowest BCUT2D eigenvalue weighted by Crippen LogP contribution is -2.39. The van der Waals surface area contributed by atoms with Crippen LogP contribution in [0.1, 0.15) is 41.7 Å². The van der Waals surface area contributed by atoms with Gasteiger partial charge in [-0.2, -0.15) is 5.10 Å². The number of fused-ring (bicyclic) bond motifs is 1. The standard InChI is InChI=1S/C22H25N5O2/c1-2-23-22(29)25-19-13-24-26-20(19)18-8-5-11-27(14-18)21(28)17-10-9-15-6-3-4-7-16(15)12-17/h3-4,6-7,9-10,12-13,18H,2,5,8,11,14H2,1H3,(H,24,26)(H2,23,25,29)/t18-/m1/s1. The van der Waals surface area contributed by atoms with E-state index in [1.807, 2.05) is 54.3 Å². The summed E-state index contributed by atoms with van der Waals surface area (Å²) in [5.74, 6) is 0.144. The molecular weight excluding hydrogens is 366 g/mol. The zero-order valence-electron chi connectivity index (χ0n) is 16.4. The fraction of sp³-hybridized carbons (Fsp3) is 0.318. The third kappa shape index (κ3) is 4.08. The molecule has 7 heteroatoms. The SMILES string of the molecule is CCNC(=O)Nc1cn[nH]c1[C@@H]1CCCN(C(=O)c2ccc3ccccc3c2)C1. The van der Waals surface area contributed by atoms with E-state index in [2.05, 4.69) is 20.8 Å². The molecule has 1 fully saturated rings. The molecule has 0 unspecified atom stereocenters. The molecule has 3 amide bonds. The molecule has 2 heterocycles. The summed E-state index contributed by atoms with van der Waals surface area (Å²) in [5, 5.41) is 14.9. The van der Waals surface area contributed by atoms with E-state index in [9.17, 15) is 9.59 Å². The van der Waals surface area contributed by atoms with Gasteiger partial charge in [0, 0.05) is 31.1 Å². The average Bonchev–Trinajstić information content (AvgIpc) is 3.21. The summed E-state index contributed by atoms with van der Waals surface area (Å²) in [7, 11) is 0. The van der Waals surface area contributed by atoms with Crippen molar-refractivity contribution in [2.75, 3.05) is 25.0 Å². The number of nitrogens with zero attached hydrogens (tertiary/aromatic N) is 2. The van der Waals surface area contributed by atoms with Gasteiger partial charge in [0.15, 0.2) is 0 Å². The monoisotopic (exact) mass is 391 g/mol. The summed E-state index contributed by atoms with van der Waals surface area (Å²) in [6.07, 6.45) is 3.46. The van der Waals surface area contributed by atoms with E-state index in [0.29, 0.717) is 24.3 Å². The number of aromatic nitrogens is 2. The van der Waals surface area contributed by atoms with Crippen LogP contribution >= 0.6 is 0 Å². The number of piperidine rings is 1. The highest BCUT2D eigenvalue weighted by molar-refractivity contribution is 5.98. The second kappa shape index (κ2) is 8.34. The van der Waals surface area contributed by atoms with Crippen molar-refractivity contribution in [2.24, 2.45) is 0 Å². The minimum atomic E-state index is -0.255. The van der Waals surface area contributed by atoms with E-state index in [1.54, 1.807) is 6.20 Å². The molecule has 3 aromatic rings. The van der Waals surface area contributed by atoms with Crippen LogP contribution in [0.4, 0.5) is 10.5 Å². The maximum absolute atomic E-state index is 13.1. The first-order chi connectivity index (χ1) is 14.2. The Bertz CT molecular complexity index is 1030. The summed E-state index contributed by atoms with van der Waals surface area (Å²) in [4.78, 5) is 26.9. The van der Waals surface area contributed by atoms with Crippen molar-refractivity contribution in [3.63, 3.8) is 0 Å². The van der Waals surface area contributed by atoms with Crippen molar-refractivity contribution in [1.29, 1.82) is 0 Å². The van der Waals surface area contributed by atoms with Crippen LogP contribution < -0.4 is 10.6 Å². The van der Waals surface area contributed by atoms with Crippen LogP contribution in [0.5, 0.6) is 0 Å². The highest BCUT2D eigenvalue weighted by atomic mass is 16.2. The quantitative estimate of drug-likeness (QED) is 0.633. The maximum atomic E-state index is 13.1. The number of rotatable bonds is 4. The van der Waals surface area contributed by atoms with Gasteiger partial charge in [0.2, 0.25) is 0 Å². The minimum Gasteiger partial charge on any atom is -0.338 e. The average molecular weight is 391 g/mol. The minimum absolute atomic E-state index is 0.0400. The molecule has 2 aromatic carbocycles. The summed E-state index contributed by atoms with van der Waals surface area (Å²) in [6.45, 7) is 3.75. The van der Waals surface area contributed by atoms with E-state index >= 15 is 0 Å². The number of hydrogen-bond donors (Lipinski definition) is 3. The molecule has 1 aromatic heterocycles.